The van der Waals surface area contributed by atoms with E-state index in [0.717, 1.165) is 5.56 Å². The van der Waals surface area contributed by atoms with Gasteiger partial charge in [0.05, 0.1) is 17.9 Å². The van der Waals surface area contributed by atoms with E-state index in [2.05, 4.69) is 5.32 Å². The first-order valence-corrected chi connectivity index (χ1v) is 7.64. The number of carboxylic acids is 1. The highest BCUT2D eigenvalue weighted by atomic mass is 16.7. The average Bonchev–Trinajstić information content (AvgIpc) is 3.02. The molecular formula is C17H19NO5. The summed E-state index contributed by atoms with van der Waals surface area (Å²) in [6, 6.07) is 5.28. The molecule has 0 fully saturated rings. The van der Waals surface area contributed by atoms with E-state index >= 15 is 0 Å². The third-order valence-corrected chi connectivity index (χ3v) is 4.34. The quantitative estimate of drug-likeness (QED) is 0.832. The van der Waals surface area contributed by atoms with E-state index in [1.165, 1.54) is 0 Å². The fraction of sp³-hybridized carbons (Fsp3) is 0.412. The molecule has 3 atom stereocenters. The van der Waals surface area contributed by atoms with Crippen molar-refractivity contribution in [3.05, 3.63) is 35.9 Å². The number of nitrogens with one attached hydrogen (secondary N) is 1. The normalized spacial score (nSPS) is 23.3. The maximum absolute atomic E-state index is 12.5. The second-order valence-corrected chi connectivity index (χ2v) is 5.84. The summed E-state index contributed by atoms with van der Waals surface area (Å²) in [4.78, 5) is 23.8. The molecule has 1 aliphatic heterocycles. The first kappa shape index (κ1) is 15.4. The third-order valence-electron chi connectivity index (χ3n) is 4.34. The van der Waals surface area contributed by atoms with Crippen molar-refractivity contribution in [2.24, 2.45) is 11.8 Å². The average molecular weight is 317 g/mol. The van der Waals surface area contributed by atoms with Gasteiger partial charge in [-0.2, -0.15) is 0 Å². The largest absolute Gasteiger partial charge is 0.481 e. The van der Waals surface area contributed by atoms with E-state index in [-0.39, 0.29) is 18.7 Å². The zero-order valence-electron chi connectivity index (χ0n) is 12.8. The molecule has 2 aliphatic rings. The number of benzene rings is 1. The van der Waals surface area contributed by atoms with E-state index in [1.54, 1.807) is 0 Å². The number of ether oxygens (including phenoxy) is 2. The molecule has 0 saturated carbocycles. The number of amides is 1. The molecule has 0 spiro atoms. The summed E-state index contributed by atoms with van der Waals surface area (Å²) in [5.74, 6) is -1.00. The lowest BCUT2D eigenvalue weighted by Gasteiger charge is -2.26. The molecule has 2 N–H and O–H groups in total. The Morgan fingerprint density at radius 3 is 2.61 bits per heavy atom. The molecule has 1 aromatic carbocycles. The second kappa shape index (κ2) is 6.32. The number of aliphatic carboxylic acids is 1. The summed E-state index contributed by atoms with van der Waals surface area (Å²) in [6.45, 7) is 2.07. The summed E-state index contributed by atoms with van der Waals surface area (Å²) in [6.07, 6.45) is 4.54. The zero-order valence-corrected chi connectivity index (χ0v) is 12.8. The minimum absolute atomic E-state index is 0.203. The molecule has 0 aromatic heterocycles. The van der Waals surface area contributed by atoms with Gasteiger partial charge in [-0.15, -0.1) is 0 Å². The fourth-order valence-electron chi connectivity index (χ4n) is 2.96. The highest BCUT2D eigenvalue weighted by molar-refractivity contribution is 5.85. The van der Waals surface area contributed by atoms with Crippen molar-refractivity contribution < 1.29 is 24.2 Å². The summed E-state index contributed by atoms with van der Waals surface area (Å²) >= 11 is 0. The second-order valence-electron chi connectivity index (χ2n) is 5.84. The Morgan fingerprint density at radius 2 is 1.87 bits per heavy atom. The molecule has 1 heterocycles. The fourth-order valence-corrected chi connectivity index (χ4v) is 2.96. The van der Waals surface area contributed by atoms with Gasteiger partial charge >= 0.3 is 5.97 Å². The van der Waals surface area contributed by atoms with Gasteiger partial charge in [-0.25, -0.2) is 0 Å². The van der Waals surface area contributed by atoms with Gasteiger partial charge in [0.2, 0.25) is 12.7 Å². The molecule has 122 valence electrons. The van der Waals surface area contributed by atoms with Crippen molar-refractivity contribution in [2.75, 3.05) is 6.79 Å². The monoisotopic (exact) mass is 317 g/mol. The van der Waals surface area contributed by atoms with Crippen LogP contribution in [-0.2, 0) is 9.59 Å². The molecule has 0 bridgehead atoms. The van der Waals surface area contributed by atoms with Crippen molar-refractivity contribution in [2.45, 2.75) is 25.8 Å². The Balaban J connectivity index is 1.69. The van der Waals surface area contributed by atoms with Crippen molar-refractivity contribution >= 4 is 11.9 Å². The SMILES string of the molecule is C[C@@H](NC(=O)[C@@H]1CC=CC[C@@H]1C(=O)O)c1ccc2c(c1)OCO2. The van der Waals surface area contributed by atoms with E-state index in [0.29, 0.717) is 24.3 Å². The maximum atomic E-state index is 12.5. The third kappa shape index (κ3) is 3.16. The Labute approximate surface area is 134 Å². The van der Waals surface area contributed by atoms with Gasteiger partial charge in [0.15, 0.2) is 11.5 Å². The number of rotatable bonds is 4. The van der Waals surface area contributed by atoms with Crippen LogP contribution in [0.5, 0.6) is 11.5 Å². The smallest absolute Gasteiger partial charge is 0.307 e. The van der Waals surface area contributed by atoms with Crippen LogP contribution in [0, 0.1) is 11.8 Å². The number of hydrogen-bond acceptors (Lipinski definition) is 4. The standard InChI is InChI=1S/C17H19NO5/c1-10(11-6-7-14-15(8-11)23-9-22-14)18-16(19)12-4-2-3-5-13(12)17(20)21/h2-3,6-8,10,12-13H,4-5,9H2,1H3,(H,18,19)(H,20,21)/t10-,12-,13+/m1/s1. The van der Waals surface area contributed by atoms with E-state index in [4.69, 9.17) is 9.47 Å². The first-order valence-electron chi connectivity index (χ1n) is 7.64. The van der Waals surface area contributed by atoms with Gasteiger partial charge in [-0.1, -0.05) is 18.2 Å². The summed E-state index contributed by atoms with van der Waals surface area (Å²) in [7, 11) is 0. The van der Waals surface area contributed by atoms with Crippen LogP contribution in [0.3, 0.4) is 0 Å². The number of allylic oxidation sites excluding steroid dienone is 2. The van der Waals surface area contributed by atoms with Gasteiger partial charge in [0, 0.05) is 0 Å². The topological polar surface area (TPSA) is 84.9 Å². The van der Waals surface area contributed by atoms with Gasteiger partial charge in [-0.3, -0.25) is 9.59 Å². The van der Waals surface area contributed by atoms with Crippen molar-refractivity contribution in [3.63, 3.8) is 0 Å². The lowest BCUT2D eigenvalue weighted by Crippen LogP contribution is -2.39. The molecule has 6 heteroatoms. The minimum atomic E-state index is -0.926. The molecule has 1 aromatic rings. The lowest BCUT2D eigenvalue weighted by molar-refractivity contribution is -0.147. The van der Waals surface area contributed by atoms with Crippen LogP contribution < -0.4 is 14.8 Å². The van der Waals surface area contributed by atoms with Crippen LogP contribution in [0.4, 0.5) is 0 Å². The van der Waals surface area contributed by atoms with Gasteiger partial charge in [0.25, 0.3) is 0 Å². The molecular weight excluding hydrogens is 298 g/mol. The molecule has 1 amide bonds. The van der Waals surface area contributed by atoms with Crippen molar-refractivity contribution in [1.82, 2.24) is 5.32 Å². The Kier molecular flexibility index (Phi) is 4.23. The van der Waals surface area contributed by atoms with Crippen LogP contribution in [0.15, 0.2) is 30.4 Å². The zero-order chi connectivity index (χ0) is 16.4. The van der Waals surface area contributed by atoms with Crippen LogP contribution >= 0.6 is 0 Å². The lowest BCUT2D eigenvalue weighted by atomic mass is 9.82. The molecule has 0 saturated heterocycles. The Morgan fingerprint density at radius 1 is 1.17 bits per heavy atom. The van der Waals surface area contributed by atoms with Crippen LogP contribution in [0.25, 0.3) is 0 Å². The van der Waals surface area contributed by atoms with Crippen molar-refractivity contribution in [1.29, 1.82) is 0 Å². The Bertz CT molecular complexity index is 654. The Hall–Kier alpha value is -2.50. The number of carbonyl (C=O) groups is 2. The molecule has 1 aliphatic carbocycles. The highest BCUT2D eigenvalue weighted by Gasteiger charge is 2.34. The van der Waals surface area contributed by atoms with Crippen molar-refractivity contribution in [3.8, 4) is 11.5 Å². The van der Waals surface area contributed by atoms with E-state index in [9.17, 15) is 14.7 Å². The molecule has 0 unspecified atom stereocenters. The summed E-state index contributed by atoms with van der Waals surface area (Å²) in [5.41, 5.74) is 0.890. The number of carbonyl (C=O) groups excluding carboxylic acids is 1. The van der Waals surface area contributed by atoms with E-state index in [1.807, 2.05) is 37.3 Å². The summed E-state index contributed by atoms with van der Waals surface area (Å²) < 4.78 is 10.6. The predicted octanol–water partition coefficient (Wildman–Crippen LogP) is 2.26. The number of hydrogen-bond donors (Lipinski definition) is 2. The van der Waals surface area contributed by atoms with Gasteiger partial charge in [-0.05, 0) is 37.5 Å². The first-order chi connectivity index (χ1) is 11.1. The van der Waals surface area contributed by atoms with Gasteiger partial charge < -0.3 is 19.9 Å². The number of carboxylic acid groups (broad SMARTS) is 1. The molecule has 23 heavy (non-hydrogen) atoms. The van der Waals surface area contributed by atoms with Crippen LogP contribution in [0.1, 0.15) is 31.4 Å². The maximum Gasteiger partial charge on any atom is 0.307 e. The molecule has 0 radical (unpaired) electrons. The summed E-state index contributed by atoms with van der Waals surface area (Å²) in [5, 5.41) is 12.2. The van der Waals surface area contributed by atoms with Crippen LogP contribution in [0.2, 0.25) is 0 Å². The van der Waals surface area contributed by atoms with Crippen LogP contribution in [-0.4, -0.2) is 23.8 Å². The highest BCUT2D eigenvalue weighted by Crippen LogP contribution is 2.34. The molecule has 3 rings (SSSR count). The number of fused-ring (bicyclic) bond motifs is 1. The van der Waals surface area contributed by atoms with E-state index < -0.39 is 17.8 Å². The molecule has 6 nitrogen and oxygen atoms in total. The minimum Gasteiger partial charge on any atom is -0.481 e. The predicted molar refractivity (Wildman–Crippen MR) is 82.1 cm³/mol. The van der Waals surface area contributed by atoms with Gasteiger partial charge in [0.1, 0.15) is 0 Å².